The molecular weight excluding hydrogens is 236 g/mol. The van der Waals surface area contributed by atoms with Crippen LogP contribution >= 0.6 is 0 Å². The van der Waals surface area contributed by atoms with E-state index in [1.807, 2.05) is 6.07 Å². The third-order valence-electron chi connectivity index (χ3n) is 3.64. The van der Waals surface area contributed by atoms with Crippen molar-refractivity contribution in [1.29, 1.82) is 0 Å². The Morgan fingerprint density at radius 3 is 2.74 bits per heavy atom. The standard InChI is InChI=1S/C15H20N4/c1-2-13-11-19(14-6-4-3-5-7-14)15(17-13)18-9-8-12(16)10-18/h3-7,11-12H,2,8-10,16H2,1H3. The number of hydrogen-bond donors (Lipinski definition) is 1. The fourth-order valence-corrected chi connectivity index (χ4v) is 2.56. The maximum Gasteiger partial charge on any atom is 0.210 e. The third kappa shape index (κ3) is 2.36. The Kier molecular flexibility index (Phi) is 3.25. The molecule has 0 saturated carbocycles. The zero-order valence-electron chi connectivity index (χ0n) is 11.3. The number of benzene rings is 1. The van der Waals surface area contributed by atoms with E-state index in [0.717, 1.165) is 43.3 Å². The summed E-state index contributed by atoms with van der Waals surface area (Å²) in [7, 11) is 0. The van der Waals surface area contributed by atoms with E-state index in [2.05, 4.69) is 46.9 Å². The highest BCUT2D eigenvalue weighted by Crippen LogP contribution is 2.23. The van der Waals surface area contributed by atoms with Gasteiger partial charge in [0.25, 0.3) is 0 Å². The molecular formula is C15H20N4. The topological polar surface area (TPSA) is 47.1 Å². The zero-order valence-corrected chi connectivity index (χ0v) is 11.3. The number of para-hydroxylation sites is 1. The van der Waals surface area contributed by atoms with Crippen LogP contribution in [0.5, 0.6) is 0 Å². The van der Waals surface area contributed by atoms with Crippen molar-refractivity contribution in [3.05, 3.63) is 42.2 Å². The number of aryl methyl sites for hydroxylation is 1. The number of rotatable bonds is 3. The third-order valence-corrected chi connectivity index (χ3v) is 3.64. The zero-order chi connectivity index (χ0) is 13.2. The largest absolute Gasteiger partial charge is 0.340 e. The summed E-state index contributed by atoms with van der Waals surface area (Å²) in [5, 5.41) is 0. The lowest BCUT2D eigenvalue weighted by atomic mass is 10.3. The summed E-state index contributed by atoms with van der Waals surface area (Å²) in [4.78, 5) is 7.04. The minimum atomic E-state index is 0.269. The average Bonchev–Trinajstić information content (AvgIpc) is 3.05. The van der Waals surface area contributed by atoms with Gasteiger partial charge in [0.05, 0.1) is 5.69 Å². The molecule has 1 aliphatic rings. The first-order valence-electron chi connectivity index (χ1n) is 6.92. The molecule has 19 heavy (non-hydrogen) atoms. The number of aromatic nitrogens is 2. The van der Waals surface area contributed by atoms with Crippen molar-refractivity contribution in [1.82, 2.24) is 9.55 Å². The van der Waals surface area contributed by atoms with Gasteiger partial charge in [-0.3, -0.25) is 4.57 Å². The summed E-state index contributed by atoms with van der Waals surface area (Å²) < 4.78 is 2.18. The molecule has 2 N–H and O–H groups in total. The molecule has 2 heterocycles. The molecule has 0 spiro atoms. The van der Waals surface area contributed by atoms with Crippen molar-refractivity contribution in [3.8, 4) is 5.69 Å². The Balaban J connectivity index is 2.01. The van der Waals surface area contributed by atoms with Crippen molar-refractivity contribution in [2.24, 2.45) is 5.73 Å². The molecule has 4 heteroatoms. The molecule has 0 radical (unpaired) electrons. The quantitative estimate of drug-likeness (QED) is 0.913. The lowest BCUT2D eigenvalue weighted by Gasteiger charge is -2.18. The highest BCUT2D eigenvalue weighted by Gasteiger charge is 2.23. The van der Waals surface area contributed by atoms with Gasteiger partial charge in [0.15, 0.2) is 0 Å². The van der Waals surface area contributed by atoms with E-state index in [1.165, 1.54) is 0 Å². The molecule has 1 fully saturated rings. The average molecular weight is 256 g/mol. The van der Waals surface area contributed by atoms with E-state index in [0.29, 0.717) is 0 Å². The smallest absolute Gasteiger partial charge is 0.210 e. The highest BCUT2D eigenvalue weighted by molar-refractivity contribution is 5.46. The van der Waals surface area contributed by atoms with Crippen LogP contribution in [-0.4, -0.2) is 28.7 Å². The molecule has 1 saturated heterocycles. The van der Waals surface area contributed by atoms with E-state index in [1.54, 1.807) is 0 Å². The van der Waals surface area contributed by atoms with E-state index in [-0.39, 0.29) is 6.04 Å². The first-order chi connectivity index (χ1) is 9.28. The summed E-state index contributed by atoms with van der Waals surface area (Å²) in [6, 6.07) is 10.6. The molecule has 1 aromatic carbocycles. The number of hydrogen-bond acceptors (Lipinski definition) is 3. The van der Waals surface area contributed by atoms with Gasteiger partial charge in [-0.2, -0.15) is 0 Å². The summed E-state index contributed by atoms with van der Waals surface area (Å²) >= 11 is 0. The van der Waals surface area contributed by atoms with Crippen LogP contribution in [0.1, 0.15) is 19.0 Å². The predicted molar refractivity (Wildman–Crippen MR) is 77.7 cm³/mol. The molecule has 100 valence electrons. The maximum absolute atomic E-state index is 6.01. The first kappa shape index (κ1) is 12.2. The van der Waals surface area contributed by atoms with Gasteiger partial charge in [0.1, 0.15) is 0 Å². The second-order valence-electron chi connectivity index (χ2n) is 5.09. The molecule has 1 aromatic heterocycles. The second-order valence-corrected chi connectivity index (χ2v) is 5.09. The number of imidazole rings is 1. The SMILES string of the molecule is CCc1cn(-c2ccccc2)c(N2CCC(N)C2)n1. The molecule has 3 rings (SSSR count). The van der Waals surface area contributed by atoms with Gasteiger partial charge in [0, 0.05) is 31.0 Å². The van der Waals surface area contributed by atoms with Crippen LogP contribution < -0.4 is 10.6 Å². The molecule has 0 bridgehead atoms. The molecule has 1 aliphatic heterocycles. The Bertz CT molecular complexity index is 547. The molecule has 1 unspecified atom stereocenters. The normalized spacial score (nSPS) is 19.1. The van der Waals surface area contributed by atoms with Crippen molar-refractivity contribution in [3.63, 3.8) is 0 Å². The van der Waals surface area contributed by atoms with Gasteiger partial charge in [-0.1, -0.05) is 25.1 Å². The van der Waals surface area contributed by atoms with Gasteiger partial charge in [-0.05, 0) is 25.0 Å². The summed E-state index contributed by atoms with van der Waals surface area (Å²) in [5.74, 6) is 1.02. The van der Waals surface area contributed by atoms with Gasteiger partial charge in [-0.25, -0.2) is 4.98 Å². The van der Waals surface area contributed by atoms with E-state index in [4.69, 9.17) is 10.7 Å². The Hall–Kier alpha value is -1.81. The summed E-state index contributed by atoms with van der Waals surface area (Å²) in [5.41, 5.74) is 8.29. The van der Waals surface area contributed by atoms with E-state index >= 15 is 0 Å². The van der Waals surface area contributed by atoms with Crippen LogP contribution in [0.3, 0.4) is 0 Å². The molecule has 2 aromatic rings. The number of anilines is 1. The fraction of sp³-hybridized carbons (Fsp3) is 0.400. The number of nitrogens with two attached hydrogens (primary N) is 1. The fourth-order valence-electron chi connectivity index (χ4n) is 2.56. The van der Waals surface area contributed by atoms with Gasteiger partial charge in [-0.15, -0.1) is 0 Å². The second kappa shape index (κ2) is 5.05. The minimum Gasteiger partial charge on any atom is -0.340 e. The van der Waals surface area contributed by atoms with Crippen molar-refractivity contribution < 1.29 is 0 Å². The van der Waals surface area contributed by atoms with Crippen LogP contribution in [0, 0.1) is 0 Å². The molecule has 1 atom stereocenters. The minimum absolute atomic E-state index is 0.269. The monoisotopic (exact) mass is 256 g/mol. The van der Waals surface area contributed by atoms with Gasteiger partial charge >= 0.3 is 0 Å². The Morgan fingerprint density at radius 1 is 1.32 bits per heavy atom. The summed E-state index contributed by atoms with van der Waals surface area (Å²) in [6.45, 7) is 4.03. The molecule has 4 nitrogen and oxygen atoms in total. The van der Waals surface area contributed by atoms with Crippen LogP contribution in [0.4, 0.5) is 5.95 Å². The lowest BCUT2D eigenvalue weighted by Crippen LogP contribution is -2.28. The van der Waals surface area contributed by atoms with Crippen molar-refractivity contribution in [2.45, 2.75) is 25.8 Å². The molecule has 0 aliphatic carbocycles. The first-order valence-corrected chi connectivity index (χ1v) is 6.92. The van der Waals surface area contributed by atoms with Crippen molar-refractivity contribution in [2.75, 3.05) is 18.0 Å². The Morgan fingerprint density at radius 2 is 2.11 bits per heavy atom. The highest BCUT2D eigenvalue weighted by atomic mass is 15.3. The number of nitrogens with zero attached hydrogens (tertiary/aromatic N) is 3. The van der Waals surface area contributed by atoms with Crippen LogP contribution in [-0.2, 0) is 6.42 Å². The van der Waals surface area contributed by atoms with Crippen LogP contribution in [0.2, 0.25) is 0 Å². The van der Waals surface area contributed by atoms with Gasteiger partial charge in [0.2, 0.25) is 5.95 Å². The van der Waals surface area contributed by atoms with Crippen LogP contribution in [0.15, 0.2) is 36.5 Å². The Labute approximate surface area is 113 Å². The molecule has 0 amide bonds. The maximum atomic E-state index is 6.01. The summed E-state index contributed by atoms with van der Waals surface area (Å²) in [6.07, 6.45) is 4.13. The van der Waals surface area contributed by atoms with Crippen molar-refractivity contribution >= 4 is 5.95 Å². The predicted octanol–water partition coefficient (Wildman–Crippen LogP) is 1.97. The van der Waals surface area contributed by atoms with E-state index < -0.39 is 0 Å². The lowest BCUT2D eigenvalue weighted by molar-refractivity contribution is 0.749. The van der Waals surface area contributed by atoms with E-state index in [9.17, 15) is 0 Å². The van der Waals surface area contributed by atoms with Gasteiger partial charge < -0.3 is 10.6 Å². The van der Waals surface area contributed by atoms with Crippen LogP contribution in [0.25, 0.3) is 5.69 Å².